The molecule has 0 aliphatic carbocycles. The largest absolute Gasteiger partial charge is 0.236 e. The van der Waals surface area contributed by atoms with E-state index >= 15 is 0 Å². The van der Waals surface area contributed by atoms with Crippen LogP contribution >= 0.6 is 11.3 Å². The number of aryl methyl sites for hydroxylation is 2. The van der Waals surface area contributed by atoms with E-state index in [9.17, 15) is 0 Å². The van der Waals surface area contributed by atoms with Gasteiger partial charge in [0.05, 0.1) is 11.9 Å². The van der Waals surface area contributed by atoms with Crippen LogP contribution in [0, 0.1) is 25.2 Å². The Hall–Kier alpha value is -2.19. The molecule has 0 fully saturated rings. The molecule has 0 saturated heterocycles. The SMILES string of the molecule is Cc1cc(-c2ccnc3c(C#N)cnn23)c(C)s1. The van der Waals surface area contributed by atoms with E-state index in [0.29, 0.717) is 11.2 Å². The van der Waals surface area contributed by atoms with Gasteiger partial charge in [0.1, 0.15) is 11.6 Å². The summed E-state index contributed by atoms with van der Waals surface area (Å²) >= 11 is 1.76. The molecule has 0 amide bonds. The number of nitrogens with zero attached hydrogens (tertiary/aromatic N) is 4. The predicted molar refractivity (Wildman–Crippen MR) is 70.5 cm³/mol. The second-order valence-electron chi connectivity index (χ2n) is 4.06. The first kappa shape index (κ1) is 10.9. The van der Waals surface area contributed by atoms with Crippen LogP contribution in [0.4, 0.5) is 0 Å². The fraction of sp³-hybridized carbons (Fsp3) is 0.154. The first-order valence-electron chi connectivity index (χ1n) is 5.51. The van der Waals surface area contributed by atoms with Gasteiger partial charge in [-0.1, -0.05) is 0 Å². The Balaban J connectivity index is 2.34. The Labute approximate surface area is 108 Å². The Morgan fingerprint density at radius 1 is 1.39 bits per heavy atom. The van der Waals surface area contributed by atoms with Crippen LogP contribution in [-0.2, 0) is 0 Å². The van der Waals surface area contributed by atoms with Gasteiger partial charge >= 0.3 is 0 Å². The predicted octanol–water partition coefficient (Wildman–Crippen LogP) is 2.95. The maximum absolute atomic E-state index is 9.00. The topological polar surface area (TPSA) is 54.0 Å². The Kier molecular flexibility index (Phi) is 2.39. The number of fused-ring (bicyclic) bond motifs is 1. The quantitative estimate of drug-likeness (QED) is 0.671. The molecule has 0 saturated carbocycles. The standard InChI is InChI=1S/C13H10N4S/c1-8-5-11(9(2)18-8)12-3-4-15-13-10(6-14)7-16-17(12)13/h3-5,7H,1-2H3. The van der Waals surface area contributed by atoms with E-state index in [0.717, 1.165) is 11.3 Å². The summed E-state index contributed by atoms with van der Waals surface area (Å²) in [6.45, 7) is 4.18. The van der Waals surface area contributed by atoms with Crippen molar-refractivity contribution >= 4 is 17.0 Å². The molecule has 0 aromatic carbocycles. The molecule has 18 heavy (non-hydrogen) atoms. The summed E-state index contributed by atoms with van der Waals surface area (Å²) in [7, 11) is 0. The minimum Gasteiger partial charge on any atom is -0.236 e. The molecule has 0 spiro atoms. The van der Waals surface area contributed by atoms with E-state index in [-0.39, 0.29) is 0 Å². The van der Waals surface area contributed by atoms with Gasteiger partial charge in [-0.05, 0) is 26.0 Å². The minimum absolute atomic E-state index is 0.501. The number of thiophene rings is 1. The van der Waals surface area contributed by atoms with Crippen molar-refractivity contribution in [2.75, 3.05) is 0 Å². The van der Waals surface area contributed by atoms with Gasteiger partial charge in [0, 0.05) is 21.5 Å². The smallest absolute Gasteiger partial charge is 0.173 e. The van der Waals surface area contributed by atoms with Crippen molar-refractivity contribution < 1.29 is 0 Å². The van der Waals surface area contributed by atoms with Crippen LogP contribution in [0.3, 0.4) is 0 Å². The molecule has 0 aliphatic rings. The van der Waals surface area contributed by atoms with Gasteiger partial charge in [0.2, 0.25) is 0 Å². The average molecular weight is 254 g/mol. The summed E-state index contributed by atoms with van der Waals surface area (Å²) in [6.07, 6.45) is 3.28. The lowest BCUT2D eigenvalue weighted by atomic mass is 10.2. The van der Waals surface area contributed by atoms with E-state index in [2.05, 4.69) is 36.1 Å². The highest BCUT2D eigenvalue weighted by atomic mass is 32.1. The molecule has 4 nitrogen and oxygen atoms in total. The van der Waals surface area contributed by atoms with Crippen LogP contribution in [0.25, 0.3) is 16.9 Å². The summed E-state index contributed by atoms with van der Waals surface area (Å²) in [5.41, 5.74) is 3.24. The van der Waals surface area contributed by atoms with Crippen molar-refractivity contribution in [2.45, 2.75) is 13.8 Å². The van der Waals surface area contributed by atoms with Crippen LogP contribution in [0.5, 0.6) is 0 Å². The van der Waals surface area contributed by atoms with E-state index in [1.807, 2.05) is 6.07 Å². The van der Waals surface area contributed by atoms with Crippen molar-refractivity contribution in [3.05, 3.63) is 39.8 Å². The second kappa shape index (κ2) is 3.93. The van der Waals surface area contributed by atoms with Gasteiger partial charge < -0.3 is 0 Å². The van der Waals surface area contributed by atoms with Gasteiger partial charge in [-0.15, -0.1) is 11.3 Å². The van der Waals surface area contributed by atoms with Crippen molar-refractivity contribution in [3.63, 3.8) is 0 Å². The maximum atomic E-state index is 9.00. The fourth-order valence-electron chi connectivity index (χ4n) is 2.06. The lowest BCUT2D eigenvalue weighted by molar-refractivity contribution is 0.947. The fourth-order valence-corrected chi connectivity index (χ4v) is 2.99. The van der Waals surface area contributed by atoms with Crippen LogP contribution < -0.4 is 0 Å². The number of aromatic nitrogens is 3. The molecule has 0 aliphatic heterocycles. The number of nitriles is 1. The zero-order valence-electron chi connectivity index (χ0n) is 10.0. The number of hydrogen-bond acceptors (Lipinski definition) is 4. The summed E-state index contributed by atoms with van der Waals surface area (Å²) in [5, 5.41) is 13.3. The van der Waals surface area contributed by atoms with Crippen LogP contribution in [-0.4, -0.2) is 14.6 Å². The Bertz CT molecular complexity index is 776. The zero-order chi connectivity index (χ0) is 12.7. The molecule has 3 aromatic rings. The third-order valence-electron chi connectivity index (χ3n) is 2.84. The van der Waals surface area contributed by atoms with Crippen LogP contribution in [0.2, 0.25) is 0 Å². The summed E-state index contributed by atoms with van der Waals surface area (Å²) in [4.78, 5) is 6.72. The Morgan fingerprint density at radius 3 is 2.89 bits per heavy atom. The first-order chi connectivity index (χ1) is 8.70. The molecular formula is C13H10N4S. The molecule has 0 radical (unpaired) electrons. The summed E-state index contributed by atoms with van der Waals surface area (Å²) in [5.74, 6) is 0. The molecule has 3 heterocycles. The third kappa shape index (κ3) is 1.50. The number of hydrogen-bond donors (Lipinski definition) is 0. The van der Waals surface area contributed by atoms with Crippen molar-refractivity contribution in [1.82, 2.24) is 14.6 Å². The molecule has 0 bridgehead atoms. The summed E-state index contributed by atoms with van der Waals surface area (Å²) < 4.78 is 1.73. The van der Waals surface area contributed by atoms with Crippen LogP contribution in [0.15, 0.2) is 24.5 Å². The molecular weight excluding hydrogens is 244 g/mol. The first-order valence-corrected chi connectivity index (χ1v) is 6.32. The van der Waals surface area contributed by atoms with Gasteiger partial charge in [-0.25, -0.2) is 9.50 Å². The molecule has 0 atom stereocenters. The molecule has 3 aromatic heterocycles. The zero-order valence-corrected chi connectivity index (χ0v) is 10.8. The van der Waals surface area contributed by atoms with Gasteiger partial charge in [0.25, 0.3) is 0 Å². The average Bonchev–Trinajstić information content (AvgIpc) is 2.91. The minimum atomic E-state index is 0.501. The van der Waals surface area contributed by atoms with E-state index < -0.39 is 0 Å². The monoisotopic (exact) mass is 254 g/mol. The second-order valence-corrected chi connectivity index (χ2v) is 5.52. The Morgan fingerprint density at radius 2 is 2.22 bits per heavy atom. The number of rotatable bonds is 1. The van der Waals surface area contributed by atoms with Gasteiger partial charge in [-0.2, -0.15) is 10.4 Å². The van der Waals surface area contributed by atoms with E-state index in [4.69, 9.17) is 5.26 Å². The lowest BCUT2D eigenvalue weighted by Gasteiger charge is -2.03. The molecule has 5 heteroatoms. The van der Waals surface area contributed by atoms with Crippen molar-refractivity contribution in [1.29, 1.82) is 5.26 Å². The van der Waals surface area contributed by atoms with E-state index in [1.165, 1.54) is 9.75 Å². The van der Waals surface area contributed by atoms with Crippen molar-refractivity contribution in [2.24, 2.45) is 0 Å². The van der Waals surface area contributed by atoms with E-state index in [1.54, 1.807) is 28.2 Å². The lowest BCUT2D eigenvalue weighted by Crippen LogP contribution is -1.95. The highest BCUT2D eigenvalue weighted by Gasteiger charge is 2.12. The molecule has 0 N–H and O–H groups in total. The van der Waals surface area contributed by atoms with Gasteiger partial charge in [0.15, 0.2) is 5.65 Å². The molecule has 3 rings (SSSR count). The van der Waals surface area contributed by atoms with Gasteiger partial charge in [-0.3, -0.25) is 0 Å². The third-order valence-corrected chi connectivity index (χ3v) is 3.80. The van der Waals surface area contributed by atoms with Crippen molar-refractivity contribution in [3.8, 4) is 17.3 Å². The maximum Gasteiger partial charge on any atom is 0.173 e. The molecule has 88 valence electrons. The normalized spacial score (nSPS) is 10.7. The highest BCUT2D eigenvalue weighted by molar-refractivity contribution is 7.12. The molecule has 0 unspecified atom stereocenters. The van der Waals surface area contributed by atoms with Crippen LogP contribution in [0.1, 0.15) is 15.3 Å². The summed E-state index contributed by atoms with van der Waals surface area (Å²) in [6, 6.07) is 6.17. The highest BCUT2D eigenvalue weighted by Crippen LogP contribution is 2.30.